The fourth-order valence-electron chi connectivity index (χ4n) is 2.42. The number of carbonyl (C=O) groups excluding carboxylic acids is 1. The van der Waals surface area contributed by atoms with Crippen LogP contribution in [0, 0.1) is 0 Å². The maximum absolute atomic E-state index is 12.9. The number of nitrogens with zero attached hydrogens (tertiary/aromatic N) is 3. The summed E-state index contributed by atoms with van der Waals surface area (Å²) < 4.78 is 1.11. The molecule has 0 aliphatic rings. The Bertz CT molecular complexity index is 906. The van der Waals surface area contributed by atoms with Crippen LogP contribution in [0.5, 0.6) is 0 Å². The van der Waals surface area contributed by atoms with Gasteiger partial charge in [0.25, 0.3) is 5.91 Å². The number of thioether (sulfide) groups is 1. The van der Waals surface area contributed by atoms with Gasteiger partial charge in [-0.3, -0.25) is 9.69 Å². The molecule has 1 aromatic carbocycles. The lowest BCUT2D eigenvalue weighted by atomic mass is 10.3. The van der Waals surface area contributed by atoms with Crippen LogP contribution in [0.25, 0.3) is 16.3 Å². The zero-order chi connectivity index (χ0) is 18.5. The Morgan fingerprint density at radius 1 is 1.22 bits per heavy atom. The number of aromatic nitrogens is 1. The molecule has 3 rings (SSSR count). The summed E-state index contributed by atoms with van der Waals surface area (Å²) in [6.07, 6.45) is 5.56. The number of carbonyl (C=O) groups is 1. The number of thiazole rings is 1. The van der Waals surface area contributed by atoms with Crippen molar-refractivity contribution < 1.29 is 4.79 Å². The number of para-hydroxylation sites is 1. The third kappa shape index (κ3) is 5.56. The van der Waals surface area contributed by atoms with Crippen LogP contribution in [0.1, 0.15) is 4.88 Å². The lowest BCUT2D eigenvalue weighted by Crippen LogP contribution is -2.35. The third-order valence-corrected chi connectivity index (χ3v) is 6.44. The summed E-state index contributed by atoms with van der Waals surface area (Å²) >= 11 is 4.87. The number of hydrogen-bond acceptors (Lipinski definition) is 6. The van der Waals surface area contributed by atoms with Crippen molar-refractivity contribution in [2.24, 2.45) is 0 Å². The number of benzene rings is 1. The van der Waals surface area contributed by atoms with Crippen molar-refractivity contribution in [2.75, 3.05) is 38.3 Å². The zero-order valence-electron chi connectivity index (χ0n) is 15.4. The first-order valence-electron chi connectivity index (χ1n) is 8.20. The molecule has 0 aliphatic heterocycles. The van der Waals surface area contributed by atoms with E-state index in [4.69, 9.17) is 4.98 Å². The summed E-state index contributed by atoms with van der Waals surface area (Å²) in [5.41, 5.74) is 0.977. The molecule has 4 nitrogen and oxygen atoms in total. The minimum atomic E-state index is -0.0370. The van der Waals surface area contributed by atoms with E-state index in [2.05, 4.69) is 17.0 Å². The van der Waals surface area contributed by atoms with Gasteiger partial charge in [0.15, 0.2) is 5.13 Å². The number of hydrogen-bond donors (Lipinski definition) is 0. The second-order valence-electron chi connectivity index (χ2n) is 5.95. The number of thiophene rings is 1. The summed E-state index contributed by atoms with van der Waals surface area (Å²) in [6, 6.07) is 10.2. The van der Waals surface area contributed by atoms with E-state index >= 15 is 0 Å². The monoisotopic (exact) mass is 439 g/mol. The molecule has 27 heavy (non-hydrogen) atoms. The van der Waals surface area contributed by atoms with E-state index < -0.39 is 0 Å². The van der Waals surface area contributed by atoms with E-state index in [-0.39, 0.29) is 18.3 Å². The Labute approximate surface area is 178 Å². The lowest BCUT2D eigenvalue weighted by molar-refractivity contribution is -0.114. The van der Waals surface area contributed by atoms with Gasteiger partial charge in [-0.25, -0.2) is 4.98 Å². The Morgan fingerprint density at radius 3 is 2.70 bits per heavy atom. The molecule has 0 fully saturated rings. The number of rotatable bonds is 7. The molecule has 1 amide bonds. The highest BCUT2D eigenvalue weighted by Gasteiger charge is 2.19. The molecule has 0 radical (unpaired) electrons. The largest absolute Gasteiger partial charge is 0.308 e. The van der Waals surface area contributed by atoms with E-state index in [1.54, 1.807) is 45.4 Å². The van der Waals surface area contributed by atoms with Gasteiger partial charge in [-0.2, -0.15) is 0 Å². The minimum absolute atomic E-state index is 0. The molecule has 0 aliphatic carbocycles. The van der Waals surface area contributed by atoms with Crippen LogP contribution in [0.2, 0.25) is 0 Å². The van der Waals surface area contributed by atoms with Crippen LogP contribution in [0.4, 0.5) is 5.13 Å². The highest BCUT2D eigenvalue weighted by Crippen LogP contribution is 2.34. The molecule has 0 N–H and O–H groups in total. The zero-order valence-corrected chi connectivity index (χ0v) is 18.7. The normalized spacial score (nSPS) is 11.3. The average molecular weight is 440 g/mol. The van der Waals surface area contributed by atoms with Gasteiger partial charge in [-0.15, -0.1) is 35.5 Å². The van der Waals surface area contributed by atoms with Gasteiger partial charge in [-0.1, -0.05) is 23.5 Å². The first-order valence-corrected chi connectivity index (χ1v) is 11.1. The summed E-state index contributed by atoms with van der Waals surface area (Å²) in [7, 11) is 4.02. The fraction of sp³-hybridized carbons (Fsp3) is 0.263. The molecule has 0 saturated heterocycles. The average Bonchev–Trinajstić information content (AvgIpc) is 3.28. The SMILES string of the molecule is CSc1cccc2sc(N(CCN(C)C)C(=O)C=Cc3cccs3)nc12.Cl. The standard InChI is InChI=1S/C19H21N3OS3.ClH/c1-21(2)11-12-22(17(23)10-9-14-6-5-13-25-14)19-20-18-15(24-3)7-4-8-16(18)26-19;/h4-10,13H,11-12H2,1-3H3;1H. The van der Waals surface area contributed by atoms with Crippen molar-refractivity contribution in [1.29, 1.82) is 0 Å². The quantitative estimate of drug-likeness (QED) is 0.378. The van der Waals surface area contributed by atoms with E-state index in [1.165, 1.54) is 0 Å². The molecule has 144 valence electrons. The lowest BCUT2D eigenvalue weighted by Gasteiger charge is -2.20. The number of fused-ring (bicyclic) bond motifs is 1. The molecule has 0 unspecified atom stereocenters. The van der Waals surface area contributed by atoms with E-state index in [9.17, 15) is 4.79 Å². The molecule has 2 heterocycles. The van der Waals surface area contributed by atoms with Gasteiger partial charge in [0.2, 0.25) is 0 Å². The molecule has 0 saturated carbocycles. The molecule has 2 aromatic heterocycles. The summed E-state index contributed by atoms with van der Waals surface area (Å²) in [5, 5.41) is 2.76. The maximum Gasteiger partial charge on any atom is 0.252 e. The van der Waals surface area contributed by atoms with Crippen LogP contribution in [0.15, 0.2) is 46.7 Å². The summed E-state index contributed by atoms with van der Waals surface area (Å²) in [4.78, 5) is 23.7. The number of anilines is 1. The van der Waals surface area contributed by atoms with Gasteiger partial charge >= 0.3 is 0 Å². The molecular weight excluding hydrogens is 418 g/mol. The van der Waals surface area contributed by atoms with Gasteiger partial charge < -0.3 is 4.90 Å². The van der Waals surface area contributed by atoms with E-state index in [0.29, 0.717) is 6.54 Å². The third-order valence-electron chi connectivity index (χ3n) is 3.79. The Hall–Kier alpha value is -1.38. The molecule has 8 heteroatoms. The molecule has 0 atom stereocenters. The van der Waals surface area contributed by atoms with E-state index in [0.717, 1.165) is 31.7 Å². The van der Waals surface area contributed by atoms with Crippen molar-refractivity contribution in [3.63, 3.8) is 0 Å². The summed E-state index contributed by atoms with van der Waals surface area (Å²) in [5.74, 6) is -0.0370. The second kappa shape index (κ2) is 10.2. The van der Waals surface area contributed by atoms with Gasteiger partial charge in [0.1, 0.15) is 0 Å². The van der Waals surface area contributed by atoms with Crippen molar-refractivity contribution in [3.05, 3.63) is 46.7 Å². The van der Waals surface area contributed by atoms with Gasteiger partial charge in [-0.05, 0) is 50.0 Å². The van der Waals surface area contributed by atoms with Gasteiger partial charge in [0, 0.05) is 28.9 Å². The van der Waals surface area contributed by atoms with Gasteiger partial charge in [0.05, 0.1) is 10.2 Å². The van der Waals surface area contributed by atoms with E-state index in [1.807, 2.05) is 50.0 Å². The van der Waals surface area contributed by atoms with Crippen LogP contribution in [0.3, 0.4) is 0 Å². The highest BCUT2D eigenvalue weighted by atomic mass is 35.5. The van der Waals surface area contributed by atoms with Crippen molar-refractivity contribution in [1.82, 2.24) is 9.88 Å². The van der Waals surface area contributed by atoms with Crippen molar-refractivity contribution >= 4 is 74.2 Å². The minimum Gasteiger partial charge on any atom is -0.308 e. The second-order valence-corrected chi connectivity index (χ2v) is 8.78. The number of likely N-dealkylation sites (N-methyl/N-ethyl adjacent to an activating group) is 1. The van der Waals surface area contributed by atoms with Crippen molar-refractivity contribution in [2.45, 2.75) is 4.90 Å². The predicted molar refractivity (Wildman–Crippen MR) is 123 cm³/mol. The number of halogens is 1. The predicted octanol–water partition coefficient (Wildman–Crippen LogP) is 5.11. The topological polar surface area (TPSA) is 36.4 Å². The smallest absolute Gasteiger partial charge is 0.252 e. The molecule has 0 bridgehead atoms. The summed E-state index contributed by atoms with van der Waals surface area (Å²) in [6.45, 7) is 1.39. The van der Waals surface area contributed by atoms with Crippen LogP contribution >= 0.6 is 46.8 Å². The van der Waals surface area contributed by atoms with Crippen LogP contribution < -0.4 is 4.90 Å². The first kappa shape index (κ1) is 21.9. The van der Waals surface area contributed by atoms with Crippen LogP contribution in [-0.4, -0.2) is 49.2 Å². The first-order chi connectivity index (χ1) is 12.6. The number of amides is 1. The highest BCUT2D eigenvalue weighted by molar-refractivity contribution is 7.98. The molecular formula is C19H22ClN3OS3. The Morgan fingerprint density at radius 2 is 2.04 bits per heavy atom. The Balaban J connectivity index is 0.00000261. The maximum atomic E-state index is 12.9. The molecule has 0 spiro atoms. The Kier molecular flexibility index (Phi) is 8.31. The van der Waals surface area contributed by atoms with Crippen LogP contribution in [-0.2, 0) is 4.79 Å². The molecule has 3 aromatic rings. The van der Waals surface area contributed by atoms with Crippen molar-refractivity contribution in [3.8, 4) is 0 Å². The fourth-order valence-corrected chi connectivity index (χ4v) is 4.69.